The molecule has 82 valence electrons. The molecular weight excluding hydrogens is 265 g/mol. The normalized spacial score (nSPS) is 12.9. The van der Waals surface area contributed by atoms with Crippen molar-refractivity contribution < 1.29 is 14.3 Å². The van der Waals surface area contributed by atoms with E-state index in [2.05, 4.69) is 15.9 Å². The molecule has 1 rings (SSSR count). The van der Waals surface area contributed by atoms with E-state index in [0.717, 1.165) is 0 Å². The molecule has 1 N–H and O–H groups in total. The summed E-state index contributed by atoms with van der Waals surface area (Å²) in [5.74, 6) is -1.45. The molecule has 1 aromatic rings. The van der Waals surface area contributed by atoms with Crippen LogP contribution < -0.4 is 0 Å². The van der Waals surface area contributed by atoms with Crippen molar-refractivity contribution in [3.63, 3.8) is 0 Å². The van der Waals surface area contributed by atoms with Crippen molar-refractivity contribution in [1.82, 2.24) is 4.90 Å². The highest BCUT2D eigenvalue weighted by Gasteiger charge is 2.24. The molecule has 1 atom stereocenters. The average Bonchev–Trinajstić information content (AvgIpc) is 2.10. The van der Waals surface area contributed by atoms with E-state index < -0.39 is 17.8 Å². The van der Waals surface area contributed by atoms with Crippen LogP contribution in [0.2, 0.25) is 0 Å². The minimum atomic E-state index is -1.01. The molecule has 15 heavy (non-hydrogen) atoms. The van der Waals surface area contributed by atoms with Crippen LogP contribution in [0.4, 0.5) is 4.39 Å². The lowest BCUT2D eigenvalue weighted by molar-refractivity contribution is -0.142. The van der Waals surface area contributed by atoms with Gasteiger partial charge in [-0.05, 0) is 37.9 Å². The van der Waals surface area contributed by atoms with Crippen LogP contribution in [0, 0.1) is 5.82 Å². The van der Waals surface area contributed by atoms with Gasteiger partial charge in [0, 0.05) is 4.47 Å². The fourth-order valence-electron chi connectivity index (χ4n) is 1.36. The maximum atomic E-state index is 13.0. The van der Waals surface area contributed by atoms with E-state index in [0.29, 0.717) is 10.0 Å². The fourth-order valence-corrected chi connectivity index (χ4v) is 1.82. The molecule has 0 saturated carbocycles. The van der Waals surface area contributed by atoms with Gasteiger partial charge in [-0.1, -0.05) is 15.9 Å². The first-order valence-corrected chi connectivity index (χ1v) is 5.07. The minimum Gasteiger partial charge on any atom is -0.480 e. The highest BCUT2D eigenvalue weighted by Crippen LogP contribution is 2.27. The SMILES string of the molecule is CN(C)C(C(=O)O)c1cc(F)ccc1Br. The standard InChI is InChI=1S/C10H11BrFNO2/c1-13(2)9(10(14)15)7-5-6(12)3-4-8(7)11/h3-5,9H,1-2H3,(H,14,15). The van der Waals surface area contributed by atoms with Crippen molar-refractivity contribution >= 4 is 21.9 Å². The molecule has 0 aromatic heterocycles. The lowest BCUT2D eigenvalue weighted by Gasteiger charge is -2.21. The van der Waals surface area contributed by atoms with Gasteiger partial charge in [0.2, 0.25) is 0 Å². The summed E-state index contributed by atoms with van der Waals surface area (Å²) in [5, 5.41) is 9.03. The number of carbonyl (C=O) groups is 1. The quantitative estimate of drug-likeness (QED) is 0.920. The molecule has 0 amide bonds. The fraction of sp³-hybridized carbons (Fsp3) is 0.300. The molecule has 1 unspecified atom stereocenters. The van der Waals surface area contributed by atoms with E-state index in [-0.39, 0.29) is 0 Å². The Kier molecular flexibility index (Phi) is 3.82. The van der Waals surface area contributed by atoms with Gasteiger partial charge in [0.1, 0.15) is 11.9 Å². The van der Waals surface area contributed by atoms with Gasteiger partial charge in [-0.3, -0.25) is 9.69 Å². The zero-order chi connectivity index (χ0) is 11.6. The van der Waals surface area contributed by atoms with E-state index in [1.165, 1.54) is 23.1 Å². The van der Waals surface area contributed by atoms with Gasteiger partial charge >= 0.3 is 5.97 Å². The zero-order valence-corrected chi connectivity index (χ0v) is 9.95. The molecule has 1 aromatic carbocycles. The Labute approximate surface area is 95.6 Å². The first kappa shape index (κ1) is 12.1. The summed E-state index contributed by atoms with van der Waals surface area (Å²) < 4.78 is 13.6. The van der Waals surface area contributed by atoms with E-state index in [1.807, 2.05) is 0 Å². The van der Waals surface area contributed by atoms with Crippen molar-refractivity contribution in [3.05, 3.63) is 34.1 Å². The molecule has 0 spiro atoms. The van der Waals surface area contributed by atoms with E-state index >= 15 is 0 Å². The Balaban J connectivity index is 3.22. The van der Waals surface area contributed by atoms with Crippen LogP contribution >= 0.6 is 15.9 Å². The van der Waals surface area contributed by atoms with Crippen LogP contribution in [0.5, 0.6) is 0 Å². The van der Waals surface area contributed by atoms with Gasteiger partial charge in [-0.15, -0.1) is 0 Å². The maximum absolute atomic E-state index is 13.0. The Morgan fingerprint density at radius 2 is 2.13 bits per heavy atom. The molecule has 0 radical (unpaired) electrons. The maximum Gasteiger partial charge on any atom is 0.325 e. The van der Waals surface area contributed by atoms with Crippen molar-refractivity contribution in [2.24, 2.45) is 0 Å². The van der Waals surface area contributed by atoms with Crippen molar-refractivity contribution in [1.29, 1.82) is 0 Å². The second-order valence-corrected chi connectivity index (χ2v) is 4.22. The number of halogens is 2. The lowest BCUT2D eigenvalue weighted by Crippen LogP contribution is -2.27. The van der Waals surface area contributed by atoms with Crippen LogP contribution in [-0.4, -0.2) is 30.1 Å². The molecule has 0 fully saturated rings. The summed E-state index contributed by atoms with van der Waals surface area (Å²) in [6, 6.07) is 3.16. The van der Waals surface area contributed by atoms with Gasteiger partial charge in [-0.2, -0.15) is 0 Å². The molecule has 3 nitrogen and oxygen atoms in total. The van der Waals surface area contributed by atoms with Crippen molar-refractivity contribution in [3.8, 4) is 0 Å². The van der Waals surface area contributed by atoms with Crippen molar-refractivity contribution in [2.45, 2.75) is 6.04 Å². The Morgan fingerprint density at radius 1 is 1.53 bits per heavy atom. The number of nitrogens with zero attached hydrogens (tertiary/aromatic N) is 1. The highest BCUT2D eigenvalue weighted by atomic mass is 79.9. The number of carboxylic acids is 1. The first-order chi connectivity index (χ1) is 6.93. The van der Waals surface area contributed by atoms with E-state index in [9.17, 15) is 9.18 Å². The number of benzene rings is 1. The van der Waals surface area contributed by atoms with Crippen LogP contribution in [0.3, 0.4) is 0 Å². The number of hydrogen-bond donors (Lipinski definition) is 1. The van der Waals surface area contributed by atoms with Crippen LogP contribution in [0.15, 0.2) is 22.7 Å². The number of likely N-dealkylation sites (N-methyl/N-ethyl adjacent to an activating group) is 1. The summed E-state index contributed by atoms with van der Waals surface area (Å²) >= 11 is 3.21. The summed E-state index contributed by atoms with van der Waals surface area (Å²) in [7, 11) is 3.27. The molecule has 0 aliphatic carbocycles. The minimum absolute atomic E-state index is 0.410. The molecule has 0 aliphatic rings. The van der Waals surface area contributed by atoms with Gasteiger partial charge in [0.05, 0.1) is 0 Å². The number of hydrogen-bond acceptors (Lipinski definition) is 2. The topological polar surface area (TPSA) is 40.5 Å². The number of aliphatic carboxylic acids is 1. The average molecular weight is 276 g/mol. The number of carboxylic acid groups (broad SMARTS) is 1. The summed E-state index contributed by atoms with van der Waals surface area (Å²) in [6.07, 6.45) is 0. The van der Waals surface area contributed by atoms with Gasteiger partial charge in [-0.25, -0.2) is 4.39 Å². The highest BCUT2D eigenvalue weighted by molar-refractivity contribution is 9.10. The Bertz CT molecular complexity index is 382. The third-order valence-electron chi connectivity index (χ3n) is 2.00. The molecule has 0 bridgehead atoms. The van der Waals surface area contributed by atoms with Crippen LogP contribution in [-0.2, 0) is 4.79 Å². The molecule has 0 aliphatic heterocycles. The predicted molar refractivity (Wildman–Crippen MR) is 58.2 cm³/mol. The molecule has 5 heteroatoms. The Morgan fingerprint density at radius 3 is 2.60 bits per heavy atom. The van der Waals surface area contributed by atoms with Gasteiger partial charge < -0.3 is 5.11 Å². The largest absolute Gasteiger partial charge is 0.480 e. The third-order valence-corrected chi connectivity index (χ3v) is 2.73. The first-order valence-electron chi connectivity index (χ1n) is 4.27. The summed E-state index contributed by atoms with van der Waals surface area (Å²) in [4.78, 5) is 12.5. The van der Waals surface area contributed by atoms with E-state index in [1.54, 1.807) is 14.1 Å². The summed E-state index contributed by atoms with van der Waals surface area (Å²) in [5.41, 5.74) is 0.410. The smallest absolute Gasteiger partial charge is 0.325 e. The molecular formula is C10H11BrFNO2. The van der Waals surface area contributed by atoms with Crippen LogP contribution in [0.1, 0.15) is 11.6 Å². The molecule has 0 heterocycles. The lowest BCUT2D eigenvalue weighted by atomic mass is 10.1. The summed E-state index contributed by atoms with van der Waals surface area (Å²) in [6.45, 7) is 0. The Hall–Kier alpha value is -0.940. The number of rotatable bonds is 3. The van der Waals surface area contributed by atoms with Crippen LogP contribution in [0.25, 0.3) is 0 Å². The predicted octanol–water partition coefficient (Wildman–Crippen LogP) is 2.28. The molecule has 0 saturated heterocycles. The zero-order valence-electron chi connectivity index (χ0n) is 8.37. The van der Waals surface area contributed by atoms with Gasteiger partial charge in [0.25, 0.3) is 0 Å². The second-order valence-electron chi connectivity index (χ2n) is 3.37. The van der Waals surface area contributed by atoms with Gasteiger partial charge in [0.15, 0.2) is 0 Å². The van der Waals surface area contributed by atoms with E-state index in [4.69, 9.17) is 5.11 Å². The third kappa shape index (κ3) is 2.76. The van der Waals surface area contributed by atoms with Crippen molar-refractivity contribution in [2.75, 3.05) is 14.1 Å². The second kappa shape index (κ2) is 4.72. The monoisotopic (exact) mass is 275 g/mol.